The highest BCUT2D eigenvalue weighted by Gasteiger charge is 2.21. The van der Waals surface area contributed by atoms with Crippen LogP contribution in [0.1, 0.15) is 30.6 Å². The molecule has 1 aromatic carbocycles. The molecule has 1 aromatic rings. The van der Waals surface area contributed by atoms with Crippen LogP contribution in [0.3, 0.4) is 0 Å². The molecule has 0 aliphatic carbocycles. The van der Waals surface area contributed by atoms with Gasteiger partial charge in [0, 0.05) is 10.0 Å². The maximum absolute atomic E-state index is 12.0. The first-order valence-corrected chi connectivity index (χ1v) is 6.97. The molecule has 1 rings (SSSR count). The van der Waals surface area contributed by atoms with Gasteiger partial charge in [-0.1, -0.05) is 25.4 Å². The van der Waals surface area contributed by atoms with Gasteiger partial charge in [-0.15, -0.1) is 0 Å². The predicted molar refractivity (Wildman–Crippen MR) is 77.5 cm³/mol. The van der Waals surface area contributed by atoms with Crippen LogP contribution in [-0.2, 0) is 4.79 Å². The van der Waals surface area contributed by atoms with Crippen LogP contribution in [0.15, 0.2) is 22.7 Å². The van der Waals surface area contributed by atoms with E-state index >= 15 is 0 Å². The summed E-state index contributed by atoms with van der Waals surface area (Å²) in [6.45, 7) is 3.81. The van der Waals surface area contributed by atoms with E-state index in [1.54, 1.807) is 18.2 Å². The van der Waals surface area contributed by atoms with E-state index in [4.69, 9.17) is 16.7 Å². The molecule has 0 spiro atoms. The molecule has 0 bridgehead atoms. The molecule has 104 valence electrons. The average molecular weight is 349 g/mol. The van der Waals surface area contributed by atoms with E-state index in [0.29, 0.717) is 21.5 Å². The van der Waals surface area contributed by atoms with Gasteiger partial charge in [-0.3, -0.25) is 4.79 Å². The normalized spacial score (nSPS) is 12.3. The number of hydrogen-bond acceptors (Lipinski definition) is 2. The number of carboxylic acids is 1. The molecule has 0 aliphatic heterocycles. The van der Waals surface area contributed by atoms with Crippen molar-refractivity contribution in [2.24, 2.45) is 5.92 Å². The Bertz CT molecular complexity index is 491. The highest BCUT2D eigenvalue weighted by molar-refractivity contribution is 9.10. The van der Waals surface area contributed by atoms with Crippen LogP contribution < -0.4 is 5.32 Å². The zero-order valence-corrected chi connectivity index (χ0v) is 13.0. The van der Waals surface area contributed by atoms with Crippen molar-refractivity contribution in [3.63, 3.8) is 0 Å². The molecule has 0 fully saturated rings. The molecule has 1 amide bonds. The lowest BCUT2D eigenvalue weighted by Crippen LogP contribution is -2.41. The minimum atomic E-state index is -1.03. The third-order valence-electron chi connectivity index (χ3n) is 2.49. The first-order valence-electron chi connectivity index (χ1n) is 5.80. The monoisotopic (exact) mass is 347 g/mol. The quantitative estimate of drug-likeness (QED) is 0.857. The lowest BCUT2D eigenvalue weighted by molar-refractivity contribution is -0.139. The molecule has 2 N–H and O–H groups in total. The average Bonchev–Trinajstić information content (AvgIpc) is 2.31. The Balaban J connectivity index is 2.81. The smallest absolute Gasteiger partial charge is 0.326 e. The molecule has 0 saturated carbocycles. The Labute approximate surface area is 125 Å². The fraction of sp³-hybridized carbons (Fsp3) is 0.385. The van der Waals surface area contributed by atoms with Gasteiger partial charge < -0.3 is 10.4 Å². The van der Waals surface area contributed by atoms with Gasteiger partial charge in [0.15, 0.2) is 0 Å². The first kappa shape index (κ1) is 16.0. The summed E-state index contributed by atoms with van der Waals surface area (Å²) in [5, 5.41) is 12.1. The number of carboxylic acid groups (broad SMARTS) is 1. The van der Waals surface area contributed by atoms with E-state index in [1.165, 1.54) is 0 Å². The fourth-order valence-electron chi connectivity index (χ4n) is 1.57. The van der Waals surface area contributed by atoms with Crippen molar-refractivity contribution in [3.05, 3.63) is 33.3 Å². The Kier molecular flexibility index (Phi) is 5.82. The molecule has 19 heavy (non-hydrogen) atoms. The molecule has 0 heterocycles. The molecule has 1 atom stereocenters. The summed E-state index contributed by atoms with van der Waals surface area (Å²) in [4.78, 5) is 23.0. The van der Waals surface area contributed by atoms with Crippen molar-refractivity contribution >= 4 is 39.4 Å². The lowest BCUT2D eigenvalue weighted by Gasteiger charge is -2.16. The zero-order valence-electron chi connectivity index (χ0n) is 10.6. The van der Waals surface area contributed by atoms with Crippen LogP contribution in [0, 0.1) is 5.92 Å². The predicted octanol–water partition coefficient (Wildman–Crippen LogP) is 3.33. The second kappa shape index (κ2) is 6.91. The highest BCUT2D eigenvalue weighted by atomic mass is 79.9. The molecule has 0 radical (unpaired) electrons. The summed E-state index contributed by atoms with van der Waals surface area (Å²) in [6.07, 6.45) is 0.385. The summed E-state index contributed by atoms with van der Waals surface area (Å²) in [7, 11) is 0. The summed E-state index contributed by atoms with van der Waals surface area (Å²) in [6, 6.07) is 3.81. The maximum Gasteiger partial charge on any atom is 0.326 e. The fourth-order valence-corrected chi connectivity index (χ4v) is 2.07. The van der Waals surface area contributed by atoms with E-state index < -0.39 is 17.9 Å². The van der Waals surface area contributed by atoms with Crippen LogP contribution >= 0.6 is 27.5 Å². The van der Waals surface area contributed by atoms with Crippen LogP contribution in [0.2, 0.25) is 5.02 Å². The number of hydrogen-bond donors (Lipinski definition) is 2. The van der Waals surface area contributed by atoms with Gasteiger partial charge in [-0.05, 0) is 46.5 Å². The van der Waals surface area contributed by atoms with Crippen molar-refractivity contribution in [1.29, 1.82) is 0 Å². The molecule has 0 unspecified atom stereocenters. The number of rotatable bonds is 5. The molecular formula is C13H15BrClNO3. The van der Waals surface area contributed by atoms with Crippen molar-refractivity contribution in [1.82, 2.24) is 5.32 Å². The van der Waals surface area contributed by atoms with E-state index in [1.807, 2.05) is 13.8 Å². The number of nitrogens with one attached hydrogen (secondary N) is 1. The minimum Gasteiger partial charge on any atom is -0.480 e. The standard InChI is InChI=1S/C13H15BrClNO3/c1-7(2)5-11(13(18)19)16-12(17)8-3-4-10(15)9(14)6-8/h3-4,6-7,11H,5H2,1-2H3,(H,16,17)(H,18,19)/t11-/m0/s1. The maximum atomic E-state index is 12.0. The number of aliphatic carboxylic acids is 1. The van der Waals surface area contributed by atoms with E-state index in [9.17, 15) is 9.59 Å². The Morgan fingerprint density at radius 1 is 1.42 bits per heavy atom. The molecule has 6 heteroatoms. The van der Waals surface area contributed by atoms with Crippen molar-refractivity contribution < 1.29 is 14.7 Å². The minimum absolute atomic E-state index is 0.179. The third-order valence-corrected chi connectivity index (χ3v) is 3.71. The van der Waals surface area contributed by atoms with Crippen LogP contribution in [0.4, 0.5) is 0 Å². The topological polar surface area (TPSA) is 66.4 Å². The second-order valence-corrected chi connectivity index (χ2v) is 5.88. The van der Waals surface area contributed by atoms with Gasteiger partial charge >= 0.3 is 5.97 Å². The summed E-state index contributed by atoms with van der Waals surface area (Å²) in [5.74, 6) is -1.28. The zero-order chi connectivity index (χ0) is 14.6. The van der Waals surface area contributed by atoms with Gasteiger partial charge in [0.25, 0.3) is 5.91 Å². The molecular weight excluding hydrogens is 334 g/mol. The van der Waals surface area contributed by atoms with E-state index in [0.717, 1.165) is 0 Å². The molecule has 4 nitrogen and oxygen atoms in total. The first-order chi connectivity index (χ1) is 8.81. The van der Waals surface area contributed by atoms with Crippen molar-refractivity contribution in [3.8, 4) is 0 Å². The van der Waals surface area contributed by atoms with E-state index in [-0.39, 0.29) is 5.92 Å². The van der Waals surface area contributed by atoms with Gasteiger partial charge in [0.05, 0.1) is 5.02 Å². The van der Waals surface area contributed by atoms with Gasteiger partial charge in [-0.25, -0.2) is 4.79 Å². The Hall–Kier alpha value is -1.07. The van der Waals surface area contributed by atoms with Gasteiger partial charge in [-0.2, -0.15) is 0 Å². The number of benzene rings is 1. The van der Waals surface area contributed by atoms with Crippen molar-refractivity contribution in [2.45, 2.75) is 26.3 Å². The van der Waals surface area contributed by atoms with Crippen LogP contribution in [0.25, 0.3) is 0 Å². The van der Waals surface area contributed by atoms with Gasteiger partial charge in [0.1, 0.15) is 6.04 Å². The number of carbonyl (C=O) groups is 2. The largest absolute Gasteiger partial charge is 0.480 e. The Morgan fingerprint density at radius 3 is 2.53 bits per heavy atom. The number of halogens is 2. The molecule has 0 aliphatic rings. The third kappa shape index (κ3) is 4.84. The molecule has 0 saturated heterocycles. The van der Waals surface area contributed by atoms with Crippen LogP contribution in [-0.4, -0.2) is 23.0 Å². The molecule has 0 aromatic heterocycles. The summed E-state index contributed by atoms with van der Waals surface area (Å²) in [5.41, 5.74) is 0.367. The van der Waals surface area contributed by atoms with Crippen molar-refractivity contribution in [2.75, 3.05) is 0 Å². The van der Waals surface area contributed by atoms with Crippen LogP contribution in [0.5, 0.6) is 0 Å². The number of carbonyl (C=O) groups excluding carboxylic acids is 1. The Morgan fingerprint density at radius 2 is 2.05 bits per heavy atom. The SMILES string of the molecule is CC(C)C[C@H](NC(=O)c1ccc(Cl)c(Br)c1)C(=O)O. The summed E-state index contributed by atoms with van der Waals surface area (Å²) >= 11 is 9.06. The number of amides is 1. The summed E-state index contributed by atoms with van der Waals surface area (Å²) < 4.78 is 0.595. The van der Waals surface area contributed by atoms with E-state index in [2.05, 4.69) is 21.2 Å². The highest BCUT2D eigenvalue weighted by Crippen LogP contribution is 2.23. The van der Waals surface area contributed by atoms with Gasteiger partial charge in [0.2, 0.25) is 0 Å². The lowest BCUT2D eigenvalue weighted by atomic mass is 10.0. The second-order valence-electron chi connectivity index (χ2n) is 4.62.